The fourth-order valence-corrected chi connectivity index (χ4v) is 4.49. The molecule has 0 bridgehead atoms. The molecule has 2 amide bonds. The molecule has 4 atom stereocenters. The number of carbonyl (C=O) groups excluding carboxylic acids is 2. The zero-order valence-corrected chi connectivity index (χ0v) is 17.9. The van der Waals surface area contributed by atoms with Gasteiger partial charge in [-0.25, -0.2) is 0 Å². The van der Waals surface area contributed by atoms with Crippen LogP contribution in [-0.4, -0.2) is 67.4 Å². The molecule has 28 heavy (non-hydrogen) atoms. The monoisotopic (exact) mass is 405 g/mol. The standard InChI is InChI=1S/C21H31N3O3S/c1-15(19(27-3)18-11-8-12-24(18)14-25)20(26)23-17(21(22-2)28-4)13-16-9-6-5-7-10-16/h5-7,9-10,14-15,17-19H,8,11-13H2,1-4H3,(H,23,26). The Bertz CT molecular complexity index is 668. The second kappa shape index (κ2) is 11.2. The van der Waals surface area contributed by atoms with Crippen molar-refractivity contribution in [1.29, 1.82) is 0 Å². The number of thioether (sulfide) groups is 1. The summed E-state index contributed by atoms with van der Waals surface area (Å²) >= 11 is 1.54. The van der Waals surface area contributed by atoms with E-state index in [-0.39, 0.29) is 30.0 Å². The maximum Gasteiger partial charge on any atom is 0.226 e. The van der Waals surface area contributed by atoms with E-state index in [4.69, 9.17) is 4.74 Å². The van der Waals surface area contributed by atoms with Crippen molar-refractivity contribution in [1.82, 2.24) is 10.2 Å². The average molecular weight is 406 g/mol. The molecule has 1 aliphatic rings. The van der Waals surface area contributed by atoms with Gasteiger partial charge in [0.1, 0.15) is 0 Å². The molecule has 154 valence electrons. The number of hydrogen-bond acceptors (Lipinski definition) is 5. The molecule has 0 aliphatic carbocycles. The van der Waals surface area contributed by atoms with Crippen LogP contribution >= 0.6 is 11.8 Å². The van der Waals surface area contributed by atoms with Crippen LogP contribution in [0.25, 0.3) is 0 Å². The normalized spacial score (nSPS) is 20.5. The third-order valence-electron chi connectivity index (χ3n) is 5.36. The lowest BCUT2D eigenvalue weighted by Gasteiger charge is -2.32. The number of nitrogens with zero attached hydrogens (tertiary/aromatic N) is 2. The molecule has 1 saturated heterocycles. The fraction of sp³-hybridized carbons (Fsp3) is 0.571. The number of likely N-dealkylation sites (tertiary alicyclic amines) is 1. The maximum absolute atomic E-state index is 13.1. The number of hydrogen-bond donors (Lipinski definition) is 1. The summed E-state index contributed by atoms with van der Waals surface area (Å²) in [6.07, 6.45) is 4.97. The summed E-state index contributed by atoms with van der Waals surface area (Å²) in [7, 11) is 3.36. The van der Waals surface area contributed by atoms with E-state index in [0.29, 0.717) is 6.42 Å². The fourth-order valence-electron chi connectivity index (χ4n) is 3.88. The number of benzene rings is 1. The Morgan fingerprint density at radius 3 is 2.71 bits per heavy atom. The summed E-state index contributed by atoms with van der Waals surface area (Å²) in [4.78, 5) is 30.5. The highest BCUT2D eigenvalue weighted by Crippen LogP contribution is 2.25. The molecule has 0 spiro atoms. The highest BCUT2D eigenvalue weighted by atomic mass is 32.2. The minimum atomic E-state index is -0.381. The summed E-state index contributed by atoms with van der Waals surface area (Å²) in [5.74, 6) is -0.463. The number of amides is 2. The summed E-state index contributed by atoms with van der Waals surface area (Å²) < 4.78 is 5.67. The van der Waals surface area contributed by atoms with Crippen molar-refractivity contribution in [3.63, 3.8) is 0 Å². The molecule has 7 heteroatoms. The van der Waals surface area contributed by atoms with Crippen LogP contribution in [0.2, 0.25) is 0 Å². The first-order chi connectivity index (χ1) is 13.5. The molecule has 1 N–H and O–H groups in total. The number of methoxy groups -OCH3 is 1. The lowest BCUT2D eigenvalue weighted by atomic mass is 9.94. The van der Waals surface area contributed by atoms with Gasteiger partial charge in [-0.05, 0) is 31.1 Å². The third-order valence-corrected chi connectivity index (χ3v) is 6.25. The highest BCUT2D eigenvalue weighted by molar-refractivity contribution is 8.13. The van der Waals surface area contributed by atoms with E-state index in [2.05, 4.69) is 22.4 Å². The molecule has 6 nitrogen and oxygen atoms in total. The second-order valence-electron chi connectivity index (χ2n) is 7.06. The molecule has 2 rings (SSSR count). The van der Waals surface area contributed by atoms with Crippen LogP contribution in [0, 0.1) is 5.92 Å². The Labute approximate surface area is 172 Å². The zero-order valence-electron chi connectivity index (χ0n) is 17.1. The predicted molar refractivity (Wildman–Crippen MR) is 115 cm³/mol. The number of carbonyl (C=O) groups is 2. The van der Waals surface area contributed by atoms with E-state index in [1.165, 1.54) is 0 Å². The largest absolute Gasteiger partial charge is 0.378 e. The van der Waals surface area contributed by atoms with Gasteiger partial charge in [-0.1, -0.05) is 37.3 Å². The number of nitrogens with one attached hydrogen (secondary N) is 1. The zero-order chi connectivity index (χ0) is 20.5. The van der Waals surface area contributed by atoms with E-state index in [1.54, 1.807) is 30.8 Å². The summed E-state index contributed by atoms with van der Waals surface area (Å²) in [5.41, 5.74) is 1.14. The predicted octanol–water partition coefficient (Wildman–Crippen LogP) is 2.38. The van der Waals surface area contributed by atoms with Crippen LogP contribution in [0.3, 0.4) is 0 Å². The molecule has 1 aromatic rings. The van der Waals surface area contributed by atoms with Crippen molar-refractivity contribution in [2.45, 2.75) is 44.4 Å². The van der Waals surface area contributed by atoms with E-state index in [1.807, 2.05) is 31.4 Å². The van der Waals surface area contributed by atoms with E-state index < -0.39 is 0 Å². The van der Waals surface area contributed by atoms with E-state index >= 15 is 0 Å². The first kappa shape index (κ1) is 22.4. The molecule has 1 fully saturated rings. The maximum atomic E-state index is 13.1. The van der Waals surface area contributed by atoms with E-state index in [0.717, 1.165) is 36.4 Å². The molecule has 1 aliphatic heterocycles. The van der Waals surface area contributed by atoms with Gasteiger partial charge in [0, 0.05) is 20.7 Å². The second-order valence-corrected chi connectivity index (χ2v) is 7.89. The van der Waals surface area contributed by atoms with Crippen LogP contribution in [0.15, 0.2) is 35.3 Å². The Morgan fingerprint density at radius 2 is 2.14 bits per heavy atom. The Kier molecular flexibility index (Phi) is 8.99. The van der Waals surface area contributed by atoms with Crippen molar-refractivity contribution in [3.8, 4) is 0 Å². The van der Waals surface area contributed by atoms with Crippen LogP contribution in [0.1, 0.15) is 25.3 Å². The van der Waals surface area contributed by atoms with Gasteiger partial charge in [0.2, 0.25) is 12.3 Å². The van der Waals surface area contributed by atoms with Gasteiger partial charge in [-0.3, -0.25) is 14.6 Å². The third kappa shape index (κ3) is 5.58. The number of ether oxygens (including phenoxy) is 1. The number of rotatable bonds is 9. The van der Waals surface area contributed by atoms with Crippen molar-refractivity contribution >= 4 is 29.1 Å². The lowest BCUT2D eigenvalue weighted by Crippen LogP contribution is -2.50. The van der Waals surface area contributed by atoms with Gasteiger partial charge in [0.25, 0.3) is 0 Å². The molecular weight excluding hydrogens is 374 g/mol. The number of aliphatic imine (C=N–C) groups is 1. The van der Waals surface area contributed by atoms with Crippen molar-refractivity contribution in [2.75, 3.05) is 27.0 Å². The summed E-state index contributed by atoms with van der Waals surface area (Å²) in [6.45, 7) is 2.59. The molecule has 0 radical (unpaired) electrons. The lowest BCUT2D eigenvalue weighted by molar-refractivity contribution is -0.133. The van der Waals surface area contributed by atoms with Gasteiger partial charge in [0.15, 0.2) is 0 Å². The first-order valence-corrected chi connectivity index (χ1v) is 10.9. The molecule has 1 aromatic carbocycles. The SMILES string of the molecule is CN=C(SC)C(Cc1ccccc1)NC(=O)C(C)C(OC)C1CCCN1C=O. The molecule has 4 unspecified atom stereocenters. The molecule has 1 heterocycles. The molecule has 0 aromatic heterocycles. The Morgan fingerprint density at radius 1 is 1.43 bits per heavy atom. The topological polar surface area (TPSA) is 71.0 Å². The minimum absolute atomic E-state index is 0.0595. The molecular formula is C21H31N3O3S. The first-order valence-electron chi connectivity index (χ1n) is 9.64. The van der Waals surface area contributed by atoms with Gasteiger partial charge >= 0.3 is 0 Å². The Balaban J connectivity index is 2.13. The van der Waals surface area contributed by atoms with E-state index in [9.17, 15) is 9.59 Å². The van der Waals surface area contributed by atoms with Crippen molar-refractivity contribution in [3.05, 3.63) is 35.9 Å². The molecule has 0 saturated carbocycles. The van der Waals surface area contributed by atoms with Gasteiger partial charge in [0.05, 0.1) is 29.1 Å². The van der Waals surface area contributed by atoms with Crippen molar-refractivity contribution < 1.29 is 14.3 Å². The van der Waals surface area contributed by atoms with Gasteiger partial charge < -0.3 is 15.0 Å². The van der Waals surface area contributed by atoms with Crippen LogP contribution in [0.5, 0.6) is 0 Å². The highest BCUT2D eigenvalue weighted by Gasteiger charge is 2.37. The smallest absolute Gasteiger partial charge is 0.226 e. The van der Waals surface area contributed by atoms with Crippen molar-refractivity contribution in [2.24, 2.45) is 10.9 Å². The minimum Gasteiger partial charge on any atom is -0.378 e. The van der Waals surface area contributed by atoms with Crippen LogP contribution in [-0.2, 0) is 20.7 Å². The van der Waals surface area contributed by atoms with Gasteiger partial charge in [-0.15, -0.1) is 11.8 Å². The summed E-state index contributed by atoms with van der Waals surface area (Å²) in [6, 6.07) is 9.81. The van der Waals surface area contributed by atoms with Crippen LogP contribution < -0.4 is 5.32 Å². The summed E-state index contributed by atoms with van der Waals surface area (Å²) in [5, 5.41) is 4.04. The quantitative estimate of drug-likeness (QED) is 0.389. The Hall–Kier alpha value is -1.86. The van der Waals surface area contributed by atoms with Crippen LogP contribution in [0.4, 0.5) is 0 Å². The average Bonchev–Trinajstić information content (AvgIpc) is 3.18. The van der Waals surface area contributed by atoms with Gasteiger partial charge in [-0.2, -0.15) is 0 Å².